The molecule has 0 bridgehead atoms. The molecule has 10 heteroatoms. The monoisotopic (exact) mass is 512 g/mol. The molecule has 33 heavy (non-hydrogen) atoms. The molecule has 3 heterocycles. The number of benzene rings is 1. The number of hydrogen-bond donors (Lipinski definition) is 1. The second-order valence-electron chi connectivity index (χ2n) is 9.66. The van der Waals surface area contributed by atoms with Crippen LogP contribution >= 0.6 is 23.2 Å². The van der Waals surface area contributed by atoms with Gasteiger partial charge in [0.15, 0.2) is 0 Å². The van der Waals surface area contributed by atoms with Gasteiger partial charge in [-0.2, -0.15) is 4.39 Å². The van der Waals surface area contributed by atoms with Crippen LogP contribution in [0.3, 0.4) is 0 Å². The highest BCUT2D eigenvalue weighted by Crippen LogP contribution is 2.53. The number of aromatic nitrogens is 1. The molecule has 2 saturated heterocycles. The van der Waals surface area contributed by atoms with E-state index in [9.17, 15) is 12.8 Å². The summed E-state index contributed by atoms with van der Waals surface area (Å²) in [5, 5.41) is 0.396. The number of sulfonamides is 1. The maximum absolute atomic E-state index is 13.4. The van der Waals surface area contributed by atoms with Crippen LogP contribution in [0.2, 0.25) is 10.0 Å². The Morgan fingerprint density at radius 2 is 1.97 bits per heavy atom. The summed E-state index contributed by atoms with van der Waals surface area (Å²) in [6, 6.07) is 7.48. The number of nitrogens with zero attached hydrogens (tertiary/aromatic N) is 3. The van der Waals surface area contributed by atoms with E-state index in [0.29, 0.717) is 11.1 Å². The molecule has 1 aromatic carbocycles. The van der Waals surface area contributed by atoms with Crippen molar-refractivity contribution < 1.29 is 12.8 Å². The fourth-order valence-electron chi connectivity index (χ4n) is 5.71. The van der Waals surface area contributed by atoms with Crippen molar-refractivity contribution in [2.24, 2.45) is 11.3 Å². The summed E-state index contributed by atoms with van der Waals surface area (Å²) in [6.07, 6.45) is 4.82. The van der Waals surface area contributed by atoms with E-state index in [2.05, 4.69) is 26.4 Å². The standard InChI is InChI=1S/C23H27Cl2FN4O2S/c1-15-6-9-29(13-15)20-5-7-23(20)8-10-30(14-23)18-11-17(25)19(12-16(18)24)33(31,32)28-22-4-2-3-21(26)27-22/h2-4,11-12,15,20H,5-10,13-14H2,1H3,(H,27,28)/t15-,20-,23-/m0/s1. The number of pyridine rings is 1. The number of rotatable bonds is 5. The summed E-state index contributed by atoms with van der Waals surface area (Å²) in [5.74, 6) is -0.144. The van der Waals surface area contributed by atoms with Crippen molar-refractivity contribution in [3.63, 3.8) is 0 Å². The first-order valence-corrected chi connectivity index (χ1v) is 13.5. The molecule has 2 aromatic rings. The third-order valence-corrected chi connectivity index (χ3v) is 9.61. The fourth-order valence-corrected chi connectivity index (χ4v) is 7.60. The van der Waals surface area contributed by atoms with E-state index in [4.69, 9.17) is 23.2 Å². The van der Waals surface area contributed by atoms with Crippen molar-refractivity contribution in [1.82, 2.24) is 9.88 Å². The average Bonchev–Trinajstić information content (AvgIpc) is 3.36. The molecule has 1 spiro atoms. The molecule has 0 amide bonds. The van der Waals surface area contributed by atoms with Gasteiger partial charge in [0.1, 0.15) is 10.7 Å². The van der Waals surface area contributed by atoms with E-state index >= 15 is 0 Å². The smallest absolute Gasteiger partial charge is 0.264 e. The first-order valence-electron chi connectivity index (χ1n) is 11.3. The van der Waals surface area contributed by atoms with Crippen LogP contribution in [0, 0.1) is 17.3 Å². The Hall–Kier alpha value is -1.61. The van der Waals surface area contributed by atoms with Crippen LogP contribution < -0.4 is 9.62 Å². The van der Waals surface area contributed by atoms with Crippen LogP contribution in [0.5, 0.6) is 0 Å². The summed E-state index contributed by atoms with van der Waals surface area (Å²) >= 11 is 13.0. The van der Waals surface area contributed by atoms with E-state index in [0.717, 1.165) is 37.2 Å². The molecule has 0 unspecified atom stereocenters. The van der Waals surface area contributed by atoms with Crippen molar-refractivity contribution >= 4 is 44.7 Å². The lowest BCUT2D eigenvalue weighted by Gasteiger charge is -2.51. The van der Waals surface area contributed by atoms with Gasteiger partial charge in [0, 0.05) is 31.1 Å². The third kappa shape index (κ3) is 4.31. The Bertz CT molecular complexity index is 1180. The van der Waals surface area contributed by atoms with Gasteiger partial charge in [0.25, 0.3) is 10.0 Å². The molecule has 178 valence electrons. The second kappa shape index (κ2) is 8.56. The number of likely N-dealkylation sites (tertiary alicyclic amines) is 1. The fraction of sp³-hybridized carbons (Fsp3) is 0.522. The molecule has 3 fully saturated rings. The molecule has 2 aliphatic heterocycles. The van der Waals surface area contributed by atoms with E-state index in [-0.39, 0.29) is 21.2 Å². The van der Waals surface area contributed by atoms with Crippen LogP contribution in [-0.4, -0.2) is 50.5 Å². The lowest BCUT2D eigenvalue weighted by molar-refractivity contribution is 0.000292. The molecule has 1 aromatic heterocycles. The Morgan fingerprint density at radius 3 is 2.64 bits per heavy atom. The topological polar surface area (TPSA) is 65.5 Å². The van der Waals surface area contributed by atoms with Gasteiger partial charge < -0.3 is 4.90 Å². The maximum atomic E-state index is 13.4. The Morgan fingerprint density at radius 1 is 1.15 bits per heavy atom. The number of nitrogens with one attached hydrogen (secondary N) is 1. The normalized spacial score (nSPS) is 27.8. The summed E-state index contributed by atoms with van der Waals surface area (Å²) in [5.41, 5.74) is 1.02. The van der Waals surface area contributed by atoms with Crippen molar-refractivity contribution in [2.75, 3.05) is 35.8 Å². The van der Waals surface area contributed by atoms with Crippen LogP contribution in [0.25, 0.3) is 0 Å². The zero-order valence-corrected chi connectivity index (χ0v) is 20.7. The average molecular weight is 513 g/mol. The van der Waals surface area contributed by atoms with Gasteiger partial charge in [-0.1, -0.05) is 36.2 Å². The van der Waals surface area contributed by atoms with Crippen molar-refractivity contribution in [3.05, 3.63) is 46.3 Å². The summed E-state index contributed by atoms with van der Waals surface area (Å²) in [6.45, 7) is 6.45. The molecular weight excluding hydrogens is 486 g/mol. The first-order chi connectivity index (χ1) is 15.7. The van der Waals surface area contributed by atoms with Gasteiger partial charge in [-0.25, -0.2) is 13.4 Å². The van der Waals surface area contributed by atoms with E-state index < -0.39 is 16.0 Å². The van der Waals surface area contributed by atoms with Gasteiger partial charge >= 0.3 is 0 Å². The predicted molar refractivity (Wildman–Crippen MR) is 129 cm³/mol. The molecule has 6 nitrogen and oxygen atoms in total. The van der Waals surface area contributed by atoms with Gasteiger partial charge in [-0.15, -0.1) is 0 Å². The zero-order chi connectivity index (χ0) is 23.4. The maximum Gasteiger partial charge on any atom is 0.264 e. The predicted octanol–water partition coefficient (Wildman–Crippen LogP) is 5.03. The summed E-state index contributed by atoms with van der Waals surface area (Å²) < 4.78 is 41.3. The Labute approximate surface area is 204 Å². The van der Waals surface area contributed by atoms with Crippen LogP contribution in [-0.2, 0) is 10.0 Å². The molecule has 3 atom stereocenters. The SMILES string of the molecule is C[C@H]1CCN([C@H]2CC[C@@]23CCN(c2cc(Cl)c(S(=O)(=O)Nc4cccc(F)n4)cc2Cl)C3)C1. The highest BCUT2D eigenvalue weighted by molar-refractivity contribution is 7.92. The molecule has 3 aliphatic rings. The van der Waals surface area contributed by atoms with Crippen molar-refractivity contribution in [3.8, 4) is 0 Å². The first kappa shape index (κ1) is 23.1. The van der Waals surface area contributed by atoms with Crippen LogP contribution in [0.4, 0.5) is 15.9 Å². The minimum absolute atomic E-state index is 0.0674. The zero-order valence-electron chi connectivity index (χ0n) is 18.4. The van der Waals surface area contributed by atoms with Gasteiger partial charge in [-0.05, 0) is 62.4 Å². The van der Waals surface area contributed by atoms with Gasteiger partial charge in [0.05, 0.1) is 15.7 Å². The number of anilines is 2. The molecule has 1 saturated carbocycles. The second-order valence-corrected chi connectivity index (χ2v) is 12.1. The minimum Gasteiger partial charge on any atom is -0.370 e. The molecule has 1 aliphatic carbocycles. The van der Waals surface area contributed by atoms with Crippen molar-refractivity contribution in [2.45, 2.75) is 43.5 Å². The summed E-state index contributed by atoms with van der Waals surface area (Å²) in [4.78, 5) is 8.28. The molecule has 1 N–H and O–H groups in total. The minimum atomic E-state index is -4.09. The van der Waals surface area contributed by atoms with Crippen molar-refractivity contribution in [1.29, 1.82) is 0 Å². The lowest BCUT2D eigenvalue weighted by atomic mass is 9.63. The third-order valence-electron chi connectivity index (χ3n) is 7.49. The van der Waals surface area contributed by atoms with Crippen LogP contribution in [0.15, 0.2) is 35.2 Å². The van der Waals surface area contributed by atoms with E-state index in [1.165, 1.54) is 50.6 Å². The molecular formula is C23H27Cl2FN4O2S. The summed E-state index contributed by atoms with van der Waals surface area (Å²) in [7, 11) is -4.09. The Balaban J connectivity index is 1.35. The number of hydrogen-bond acceptors (Lipinski definition) is 5. The molecule has 0 radical (unpaired) electrons. The van der Waals surface area contributed by atoms with E-state index in [1.807, 2.05) is 0 Å². The quantitative estimate of drug-likeness (QED) is 0.569. The van der Waals surface area contributed by atoms with Crippen LogP contribution in [0.1, 0.15) is 32.6 Å². The van der Waals surface area contributed by atoms with Gasteiger partial charge in [-0.3, -0.25) is 9.62 Å². The largest absolute Gasteiger partial charge is 0.370 e. The van der Waals surface area contributed by atoms with Gasteiger partial charge in [0.2, 0.25) is 5.95 Å². The lowest BCUT2D eigenvalue weighted by Crippen LogP contribution is -2.55. The highest BCUT2D eigenvalue weighted by atomic mass is 35.5. The van der Waals surface area contributed by atoms with E-state index in [1.54, 1.807) is 6.07 Å². The number of halogens is 3. The molecule has 5 rings (SSSR count). The Kier molecular flexibility index (Phi) is 6.00. The highest BCUT2D eigenvalue weighted by Gasteiger charge is 2.53.